The molecule has 1 aromatic carbocycles. The minimum atomic E-state index is -0.137. The SMILES string of the molecule is CNC1=C(c2ccccc2)C(C)C(=O)C=N1. The van der Waals surface area contributed by atoms with Crippen LogP contribution in [0.5, 0.6) is 0 Å². The molecule has 0 amide bonds. The van der Waals surface area contributed by atoms with Crippen LogP contribution in [0.3, 0.4) is 0 Å². The molecule has 0 saturated heterocycles. The molecule has 0 fully saturated rings. The van der Waals surface area contributed by atoms with E-state index in [1.165, 1.54) is 6.21 Å². The molecule has 0 aromatic heterocycles. The molecule has 0 aliphatic carbocycles. The van der Waals surface area contributed by atoms with E-state index in [2.05, 4.69) is 10.3 Å². The molecule has 3 heteroatoms. The van der Waals surface area contributed by atoms with Crippen molar-refractivity contribution in [2.75, 3.05) is 7.05 Å². The number of nitrogens with zero attached hydrogens (tertiary/aromatic N) is 1. The van der Waals surface area contributed by atoms with Gasteiger partial charge in [-0.2, -0.15) is 0 Å². The Hall–Kier alpha value is -1.90. The van der Waals surface area contributed by atoms with Gasteiger partial charge in [-0.05, 0) is 5.56 Å². The molecule has 1 unspecified atom stereocenters. The Morgan fingerprint density at radius 1 is 1.25 bits per heavy atom. The van der Waals surface area contributed by atoms with Crippen molar-refractivity contribution in [2.45, 2.75) is 6.92 Å². The largest absolute Gasteiger partial charge is 0.373 e. The van der Waals surface area contributed by atoms with Crippen molar-refractivity contribution in [3.63, 3.8) is 0 Å². The van der Waals surface area contributed by atoms with Crippen molar-refractivity contribution in [3.05, 3.63) is 41.7 Å². The van der Waals surface area contributed by atoms with Crippen molar-refractivity contribution >= 4 is 17.6 Å². The van der Waals surface area contributed by atoms with Crippen LogP contribution in [-0.4, -0.2) is 19.0 Å². The quantitative estimate of drug-likeness (QED) is 0.816. The van der Waals surface area contributed by atoms with Gasteiger partial charge in [0.05, 0.1) is 6.21 Å². The fourth-order valence-corrected chi connectivity index (χ4v) is 1.86. The minimum absolute atomic E-state index is 0.0536. The predicted molar refractivity (Wildman–Crippen MR) is 65.1 cm³/mol. The zero-order valence-electron chi connectivity index (χ0n) is 9.40. The molecule has 1 heterocycles. The maximum absolute atomic E-state index is 11.6. The number of carbonyl (C=O) groups is 1. The number of hydrogen-bond acceptors (Lipinski definition) is 3. The van der Waals surface area contributed by atoms with E-state index in [1.807, 2.05) is 44.3 Å². The highest BCUT2D eigenvalue weighted by Crippen LogP contribution is 2.29. The van der Waals surface area contributed by atoms with Gasteiger partial charge in [-0.25, -0.2) is 4.99 Å². The second-order valence-corrected chi connectivity index (χ2v) is 3.76. The number of Topliss-reactive ketones (excluding diaryl/α,β-unsaturated/α-hetero) is 1. The molecule has 16 heavy (non-hydrogen) atoms. The molecule has 0 saturated carbocycles. The van der Waals surface area contributed by atoms with Crippen LogP contribution in [0, 0.1) is 5.92 Å². The van der Waals surface area contributed by atoms with Gasteiger partial charge in [0.2, 0.25) is 0 Å². The van der Waals surface area contributed by atoms with Crippen LogP contribution in [0.4, 0.5) is 0 Å². The molecule has 1 N–H and O–H groups in total. The van der Waals surface area contributed by atoms with E-state index in [9.17, 15) is 4.79 Å². The molecule has 1 aliphatic rings. The summed E-state index contributed by atoms with van der Waals surface area (Å²) in [6, 6.07) is 9.88. The Kier molecular flexibility index (Phi) is 2.86. The van der Waals surface area contributed by atoms with Gasteiger partial charge in [-0.3, -0.25) is 4.79 Å². The van der Waals surface area contributed by atoms with Crippen molar-refractivity contribution in [1.29, 1.82) is 0 Å². The Morgan fingerprint density at radius 2 is 1.94 bits per heavy atom. The molecule has 1 aliphatic heterocycles. The average Bonchev–Trinajstić information content (AvgIpc) is 2.33. The molecule has 82 valence electrons. The number of benzene rings is 1. The highest BCUT2D eigenvalue weighted by Gasteiger charge is 2.24. The van der Waals surface area contributed by atoms with Crippen LogP contribution in [0.15, 0.2) is 41.1 Å². The van der Waals surface area contributed by atoms with Crippen LogP contribution >= 0.6 is 0 Å². The Labute approximate surface area is 94.9 Å². The number of aliphatic imine (C=N–C) groups is 1. The average molecular weight is 214 g/mol. The highest BCUT2D eigenvalue weighted by atomic mass is 16.1. The van der Waals surface area contributed by atoms with Crippen LogP contribution in [0.1, 0.15) is 12.5 Å². The summed E-state index contributed by atoms with van der Waals surface area (Å²) in [6.45, 7) is 1.91. The summed E-state index contributed by atoms with van der Waals surface area (Å²) in [4.78, 5) is 15.8. The monoisotopic (exact) mass is 214 g/mol. The summed E-state index contributed by atoms with van der Waals surface area (Å²) >= 11 is 0. The van der Waals surface area contributed by atoms with Crippen LogP contribution < -0.4 is 5.32 Å². The van der Waals surface area contributed by atoms with Crippen molar-refractivity contribution in [1.82, 2.24) is 5.32 Å². The van der Waals surface area contributed by atoms with Crippen molar-refractivity contribution in [2.24, 2.45) is 10.9 Å². The van der Waals surface area contributed by atoms with E-state index in [1.54, 1.807) is 0 Å². The van der Waals surface area contributed by atoms with Gasteiger partial charge in [0.15, 0.2) is 5.78 Å². The summed E-state index contributed by atoms with van der Waals surface area (Å²) < 4.78 is 0. The molecule has 1 atom stereocenters. The van der Waals surface area contributed by atoms with Gasteiger partial charge in [0.1, 0.15) is 5.82 Å². The first-order chi connectivity index (χ1) is 7.74. The zero-order chi connectivity index (χ0) is 11.5. The number of ketones is 1. The third-order valence-corrected chi connectivity index (χ3v) is 2.76. The summed E-state index contributed by atoms with van der Waals surface area (Å²) in [7, 11) is 1.82. The van der Waals surface area contributed by atoms with Gasteiger partial charge in [-0.15, -0.1) is 0 Å². The molecule has 3 nitrogen and oxygen atoms in total. The first kappa shape index (κ1) is 10.6. The third-order valence-electron chi connectivity index (χ3n) is 2.76. The van der Waals surface area contributed by atoms with E-state index < -0.39 is 0 Å². The lowest BCUT2D eigenvalue weighted by Gasteiger charge is -2.20. The predicted octanol–water partition coefficient (Wildman–Crippen LogP) is 1.86. The second-order valence-electron chi connectivity index (χ2n) is 3.76. The van der Waals surface area contributed by atoms with Crippen LogP contribution in [0.25, 0.3) is 5.57 Å². The molecule has 2 rings (SSSR count). The van der Waals surface area contributed by atoms with Gasteiger partial charge in [0.25, 0.3) is 0 Å². The minimum Gasteiger partial charge on any atom is -0.373 e. The number of carbonyl (C=O) groups excluding carboxylic acids is 1. The number of rotatable bonds is 2. The van der Waals surface area contributed by atoms with E-state index in [0.717, 1.165) is 17.0 Å². The standard InChI is InChI=1S/C13H14N2O/c1-9-11(16)8-15-13(14-2)12(9)10-6-4-3-5-7-10/h3-9,14H,1-2H3. The zero-order valence-corrected chi connectivity index (χ0v) is 9.40. The van der Waals surface area contributed by atoms with E-state index in [-0.39, 0.29) is 11.7 Å². The van der Waals surface area contributed by atoms with Crippen molar-refractivity contribution < 1.29 is 4.79 Å². The first-order valence-corrected chi connectivity index (χ1v) is 5.29. The molecular formula is C13H14N2O. The summed E-state index contributed by atoms with van der Waals surface area (Å²) in [5.41, 5.74) is 2.01. The van der Waals surface area contributed by atoms with Gasteiger partial charge >= 0.3 is 0 Å². The highest BCUT2D eigenvalue weighted by molar-refractivity contribution is 6.32. The molecule has 0 bridgehead atoms. The maximum Gasteiger partial charge on any atom is 0.181 e. The van der Waals surface area contributed by atoms with E-state index in [4.69, 9.17) is 0 Å². The number of nitrogens with one attached hydrogen (secondary N) is 1. The number of hydrogen-bond donors (Lipinski definition) is 1. The van der Waals surface area contributed by atoms with E-state index >= 15 is 0 Å². The lowest BCUT2D eigenvalue weighted by molar-refractivity contribution is -0.114. The fraction of sp³-hybridized carbons (Fsp3) is 0.231. The lowest BCUT2D eigenvalue weighted by atomic mass is 9.89. The van der Waals surface area contributed by atoms with Gasteiger partial charge < -0.3 is 5.32 Å². The second kappa shape index (κ2) is 4.31. The maximum atomic E-state index is 11.6. The molecule has 1 aromatic rings. The Bertz CT molecular complexity index is 460. The molecular weight excluding hydrogens is 200 g/mol. The normalized spacial score (nSPS) is 20.1. The van der Waals surface area contributed by atoms with Gasteiger partial charge in [0, 0.05) is 18.5 Å². The lowest BCUT2D eigenvalue weighted by Crippen LogP contribution is -2.23. The third kappa shape index (κ3) is 1.76. The molecule has 0 spiro atoms. The summed E-state index contributed by atoms with van der Waals surface area (Å²) in [5, 5.41) is 3.03. The van der Waals surface area contributed by atoms with Crippen LogP contribution in [-0.2, 0) is 4.79 Å². The fourth-order valence-electron chi connectivity index (χ4n) is 1.86. The Morgan fingerprint density at radius 3 is 2.56 bits per heavy atom. The topological polar surface area (TPSA) is 41.5 Å². The van der Waals surface area contributed by atoms with Crippen molar-refractivity contribution in [3.8, 4) is 0 Å². The van der Waals surface area contributed by atoms with Crippen LogP contribution in [0.2, 0.25) is 0 Å². The Balaban J connectivity index is 2.53. The number of allylic oxidation sites excluding steroid dienone is 1. The summed E-state index contributed by atoms with van der Waals surface area (Å²) in [5.74, 6) is 0.693. The van der Waals surface area contributed by atoms with E-state index in [0.29, 0.717) is 0 Å². The summed E-state index contributed by atoms with van der Waals surface area (Å²) in [6.07, 6.45) is 1.39. The van der Waals surface area contributed by atoms with Gasteiger partial charge in [-0.1, -0.05) is 37.3 Å². The smallest absolute Gasteiger partial charge is 0.181 e. The molecule has 0 radical (unpaired) electrons. The first-order valence-electron chi connectivity index (χ1n) is 5.29.